The number of aromatic nitrogens is 2. The van der Waals surface area contributed by atoms with E-state index in [1.165, 1.54) is 37.2 Å². The lowest BCUT2D eigenvalue weighted by atomic mass is 10.0. The summed E-state index contributed by atoms with van der Waals surface area (Å²) < 4.78 is 5.47. The Morgan fingerprint density at radius 2 is 2.38 bits per heavy atom. The molecular weight excluding hydrogens is 295 g/mol. The third-order valence-corrected chi connectivity index (χ3v) is 4.25. The van der Waals surface area contributed by atoms with Crippen LogP contribution in [0.4, 0.5) is 0 Å². The molecule has 0 aromatic carbocycles. The first-order valence-corrected chi connectivity index (χ1v) is 6.64. The molecule has 13 heavy (non-hydrogen) atoms. The number of halogens is 1. The van der Waals surface area contributed by atoms with Crippen molar-refractivity contribution < 1.29 is 0 Å². The molecule has 0 amide bonds. The first-order chi connectivity index (χ1) is 6.29. The quantitative estimate of drug-likeness (QED) is 0.782. The van der Waals surface area contributed by atoms with Gasteiger partial charge in [-0.1, -0.05) is 13.3 Å². The normalized spacial score (nSPS) is 28.2. The van der Waals surface area contributed by atoms with Crippen molar-refractivity contribution in [2.45, 2.75) is 38.5 Å². The van der Waals surface area contributed by atoms with E-state index >= 15 is 0 Å². The minimum atomic E-state index is 0.657. The average molecular weight is 308 g/mol. The molecule has 0 saturated heterocycles. The smallest absolute Gasteiger partial charge is 0.173 e. The molecule has 1 aliphatic rings. The molecule has 2 unspecified atom stereocenters. The van der Waals surface area contributed by atoms with Gasteiger partial charge in [0.15, 0.2) is 3.01 Å². The summed E-state index contributed by atoms with van der Waals surface area (Å²) in [6.07, 6.45) is 5.29. The van der Waals surface area contributed by atoms with Crippen LogP contribution in [-0.4, -0.2) is 9.36 Å². The molecule has 0 spiro atoms. The Hall–Kier alpha value is 0.290. The van der Waals surface area contributed by atoms with Crippen molar-refractivity contribution in [3.05, 3.63) is 8.84 Å². The molecule has 1 aromatic rings. The van der Waals surface area contributed by atoms with Crippen molar-refractivity contribution in [2.75, 3.05) is 0 Å². The third kappa shape index (κ3) is 2.21. The van der Waals surface area contributed by atoms with Crippen LogP contribution >= 0.6 is 34.1 Å². The first-order valence-electron chi connectivity index (χ1n) is 4.78. The van der Waals surface area contributed by atoms with Crippen molar-refractivity contribution in [2.24, 2.45) is 5.92 Å². The van der Waals surface area contributed by atoms with E-state index in [0.29, 0.717) is 5.92 Å². The van der Waals surface area contributed by atoms with E-state index in [1.54, 1.807) is 0 Å². The summed E-state index contributed by atoms with van der Waals surface area (Å²) in [5.74, 6) is 2.68. The van der Waals surface area contributed by atoms with Gasteiger partial charge in [-0.2, -0.15) is 4.37 Å². The standard InChI is InChI=1S/C9H13IN2S/c1-2-6-3-4-7(5-6)8-11-9(10)13-12-8/h6-7H,2-5H2,1H3. The molecule has 1 heterocycles. The summed E-state index contributed by atoms with van der Waals surface area (Å²) in [5.41, 5.74) is 0. The van der Waals surface area contributed by atoms with Crippen LogP contribution in [0.25, 0.3) is 0 Å². The lowest BCUT2D eigenvalue weighted by molar-refractivity contribution is 0.517. The molecule has 2 rings (SSSR count). The van der Waals surface area contributed by atoms with E-state index in [2.05, 4.69) is 38.9 Å². The summed E-state index contributed by atoms with van der Waals surface area (Å²) in [4.78, 5) is 4.46. The number of rotatable bonds is 2. The minimum absolute atomic E-state index is 0.657. The molecule has 1 aromatic heterocycles. The van der Waals surface area contributed by atoms with Crippen LogP contribution in [0.1, 0.15) is 44.3 Å². The Bertz CT molecular complexity index is 287. The number of hydrogen-bond donors (Lipinski definition) is 0. The van der Waals surface area contributed by atoms with Crippen molar-refractivity contribution in [1.82, 2.24) is 9.36 Å². The fraction of sp³-hybridized carbons (Fsp3) is 0.778. The van der Waals surface area contributed by atoms with Gasteiger partial charge in [0.1, 0.15) is 5.82 Å². The minimum Gasteiger partial charge on any atom is -0.213 e. The Morgan fingerprint density at radius 3 is 2.92 bits per heavy atom. The van der Waals surface area contributed by atoms with Gasteiger partial charge in [0.2, 0.25) is 0 Å². The highest BCUT2D eigenvalue weighted by Gasteiger charge is 2.27. The number of nitrogens with zero attached hydrogens (tertiary/aromatic N) is 2. The van der Waals surface area contributed by atoms with Gasteiger partial charge in [-0.25, -0.2) is 4.98 Å². The zero-order valence-corrected chi connectivity index (χ0v) is 10.6. The summed E-state index contributed by atoms with van der Waals surface area (Å²) in [6, 6.07) is 0. The SMILES string of the molecule is CCC1CCC(c2nsc(I)n2)C1. The van der Waals surface area contributed by atoms with Gasteiger partial charge in [0.05, 0.1) is 0 Å². The molecule has 1 aliphatic carbocycles. The fourth-order valence-corrected chi connectivity index (χ4v) is 3.10. The highest BCUT2D eigenvalue weighted by Crippen LogP contribution is 2.38. The Balaban J connectivity index is 2.03. The molecule has 72 valence electrons. The second-order valence-electron chi connectivity index (χ2n) is 3.69. The summed E-state index contributed by atoms with van der Waals surface area (Å²) in [6.45, 7) is 2.28. The fourth-order valence-electron chi connectivity index (χ4n) is 2.06. The van der Waals surface area contributed by atoms with Crippen LogP contribution in [0, 0.1) is 8.93 Å². The zero-order valence-electron chi connectivity index (χ0n) is 7.66. The molecule has 1 saturated carbocycles. The van der Waals surface area contributed by atoms with Gasteiger partial charge in [0, 0.05) is 5.92 Å². The molecule has 4 heteroatoms. The van der Waals surface area contributed by atoms with Crippen LogP contribution in [0.5, 0.6) is 0 Å². The van der Waals surface area contributed by atoms with Crippen LogP contribution in [0.15, 0.2) is 0 Å². The topological polar surface area (TPSA) is 25.8 Å². The highest BCUT2D eigenvalue weighted by atomic mass is 127. The van der Waals surface area contributed by atoms with Crippen molar-refractivity contribution >= 4 is 34.1 Å². The largest absolute Gasteiger partial charge is 0.213 e. The predicted octanol–water partition coefficient (Wildman–Crippen LogP) is 3.44. The van der Waals surface area contributed by atoms with Gasteiger partial charge < -0.3 is 0 Å². The zero-order chi connectivity index (χ0) is 9.26. The van der Waals surface area contributed by atoms with Gasteiger partial charge in [-0.15, -0.1) is 0 Å². The molecule has 0 aliphatic heterocycles. The maximum atomic E-state index is 4.46. The van der Waals surface area contributed by atoms with E-state index in [1.807, 2.05) is 0 Å². The van der Waals surface area contributed by atoms with Crippen molar-refractivity contribution in [3.8, 4) is 0 Å². The van der Waals surface area contributed by atoms with E-state index in [9.17, 15) is 0 Å². The summed E-state index contributed by atoms with van der Waals surface area (Å²) >= 11 is 3.77. The Morgan fingerprint density at radius 1 is 1.54 bits per heavy atom. The van der Waals surface area contributed by atoms with Crippen LogP contribution in [0.3, 0.4) is 0 Å². The maximum Gasteiger partial charge on any atom is 0.173 e. The average Bonchev–Trinajstić information content (AvgIpc) is 2.71. The van der Waals surface area contributed by atoms with E-state index in [-0.39, 0.29) is 0 Å². The lowest BCUT2D eigenvalue weighted by Gasteiger charge is -2.04. The number of hydrogen-bond acceptors (Lipinski definition) is 3. The second kappa shape index (κ2) is 4.21. The maximum absolute atomic E-state index is 4.46. The van der Waals surface area contributed by atoms with Crippen molar-refractivity contribution in [1.29, 1.82) is 0 Å². The van der Waals surface area contributed by atoms with E-state index in [0.717, 1.165) is 14.8 Å². The molecule has 2 atom stereocenters. The molecule has 2 nitrogen and oxygen atoms in total. The highest BCUT2D eigenvalue weighted by molar-refractivity contribution is 14.1. The van der Waals surface area contributed by atoms with E-state index in [4.69, 9.17) is 0 Å². The molecular formula is C9H13IN2S. The summed E-state index contributed by atoms with van der Waals surface area (Å²) in [5, 5.41) is 0. The summed E-state index contributed by atoms with van der Waals surface area (Å²) in [7, 11) is 0. The first kappa shape index (κ1) is 9.83. The van der Waals surface area contributed by atoms with Gasteiger partial charge >= 0.3 is 0 Å². The van der Waals surface area contributed by atoms with Gasteiger partial charge in [-0.05, 0) is 59.3 Å². The molecule has 0 N–H and O–H groups in total. The Kier molecular flexibility index (Phi) is 3.18. The van der Waals surface area contributed by atoms with Crippen molar-refractivity contribution in [3.63, 3.8) is 0 Å². The third-order valence-electron chi connectivity index (χ3n) is 2.90. The monoisotopic (exact) mass is 308 g/mol. The van der Waals surface area contributed by atoms with E-state index < -0.39 is 0 Å². The molecule has 0 bridgehead atoms. The van der Waals surface area contributed by atoms with Crippen LogP contribution < -0.4 is 0 Å². The van der Waals surface area contributed by atoms with Crippen LogP contribution in [-0.2, 0) is 0 Å². The molecule has 0 radical (unpaired) electrons. The lowest BCUT2D eigenvalue weighted by Crippen LogP contribution is -1.97. The Labute approximate surface area is 96.5 Å². The second-order valence-corrected chi connectivity index (χ2v) is 6.20. The van der Waals surface area contributed by atoms with Crippen LogP contribution in [0.2, 0.25) is 0 Å². The van der Waals surface area contributed by atoms with Gasteiger partial charge in [-0.3, -0.25) is 0 Å². The predicted molar refractivity (Wildman–Crippen MR) is 63.0 cm³/mol. The molecule has 1 fully saturated rings. The van der Waals surface area contributed by atoms with Gasteiger partial charge in [0.25, 0.3) is 0 Å².